The van der Waals surface area contributed by atoms with Crippen molar-refractivity contribution in [1.82, 2.24) is 0 Å². The average molecular weight is 303 g/mol. The van der Waals surface area contributed by atoms with Crippen LogP contribution in [0.2, 0.25) is 5.02 Å². The molecule has 2 nitrogen and oxygen atoms in total. The largest absolute Gasteiger partial charge is 0.335 e. The molecule has 1 aliphatic heterocycles. The Labute approximate surface area is 128 Å². The van der Waals surface area contributed by atoms with Gasteiger partial charge in [-0.1, -0.05) is 59.8 Å². The fraction of sp³-hybridized carbons (Fsp3) is 0.188. The van der Waals surface area contributed by atoms with Crippen LogP contribution in [0.3, 0.4) is 0 Å². The maximum atomic E-state index is 5.98. The minimum atomic E-state index is 0.351. The lowest BCUT2D eigenvalue weighted by molar-refractivity contribution is 0.762. The van der Waals surface area contributed by atoms with Crippen molar-refractivity contribution in [3.63, 3.8) is 0 Å². The molecule has 1 aliphatic rings. The Morgan fingerprint density at radius 1 is 1.15 bits per heavy atom. The van der Waals surface area contributed by atoms with E-state index in [2.05, 4.69) is 29.6 Å². The fourth-order valence-electron chi connectivity index (χ4n) is 2.16. The zero-order valence-electron chi connectivity index (χ0n) is 10.9. The number of amidine groups is 1. The van der Waals surface area contributed by atoms with Crippen molar-refractivity contribution in [3.05, 3.63) is 65.2 Å². The number of anilines is 1. The molecule has 0 aromatic heterocycles. The van der Waals surface area contributed by atoms with Gasteiger partial charge in [0.15, 0.2) is 5.17 Å². The van der Waals surface area contributed by atoms with Gasteiger partial charge in [0.25, 0.3) is 0 Å². The third-order valence-corrected chi connectivity index (χ3v) is 4.37. The van der Waals surface area contributed by atoms with Crippen LogP contribution in [0, 0.1) is 0 Å². The van der Waals surface area contributed by atoms with E-state index in [1.807, 2.05) is 30.3 Å². The molecule has 3 rings (SSSR count). The summed E-state index contributed by atoms with van der Waals surface area (Å²) in [5.41, 5.74) is 2.33. The number of thioether (sulfide) groups is 1. The molecule has 0 spiro atoms. The topological polar surface area (TPSA) is 24.4 Å². The van der Waals surface area contributed by atoms with E-state index in [9.17, 15) is 0 Å². The summed E-state index contributed by atoms with van der Waals surface area (Å²) in [5, 5.41) is 5.04. The lowest BCUT2D eigenvalue weighted by atomic mass is 10.1. The number of hydrogen-bond donors (Lipinski definition) is 1. The molecular weight excluding hydrogens is 288 g/mol. The Hall–Kier alpha value is -1.45. The van der Waals surface area contributed by atoms with E-state index in [0.29, 0.717) is 6.04 Å². The molecule has 1 heterocycles. The first kappa shape index (κ1) is 13.5. The molecule has 0 aliphatic carbocycles. The number of nitrogens with zero attached hydrogens (tertiary/aromatic N) is 1. The summed E-state index contributed by atoms with van der Waals surface area (Å²) in [5.74, 6) is 1.03. The van der Waals surface area contributed by atoms with E-state index in [4.69, 9.17) is 16.6 Å². The minimum Gasteiger partial charge on any atom is -0.335 e. The quantitative estimate of drug-likeness (QED) is 0.905. The van der Waals surface area contributed by atoms with Crippen LogP contribution >= 0.6 is 23.4 Å². The maximum Gasteiger partial charge on any atom is 0.161 e. The lowest BCUT2D eigenvalue weighted by Crippen LogP contribution is -2.08. The van der Waals surface area contributed by atoms with Gasteiger partial charge in [0.2, 0.25) is 0 Å². The van der Waals surface area contributed by atoms with E-state index < -0.39 is 0 Å². The molecule has 102 valence electrons. The molecule has 20 heavy (non-hydrogen) atoms. The summed E-state index contributed by atoms with van der Waals surface area (Å²) in [7, 11) is 0. The van der Waals surface area contributed by atoms with Gasteiger partial charge in [0, 0.05) is 16.5 Å². The second-order valence-electron chi connectivity index (χ2n) is 4.72. The summed E-state index contributed by atoms with van der Waals surface area (Å²) in [4.78, 5) is 4.73. The number of rotatable bonds is 3. The van der Waals surface area contributed by atoms with E-state index in [0.717, 1.165) is 28.1 Å². The Bertz CT molecular complexity index is 613. The molecule has 0 saturated carbocycles. The second kappa shape index (κ2) is 6.33. The van der Waals surface area contributed by atoms with Crippen molar-refractivity contribution in [1.29, 1.82) is 0 Å². The first-order valence-corrected chi connectivity index (χ1v) is 7.93. The Balaban J connectivity index is 1.63. The summed E-state index contributed by atoms with van der Waals surface area (Å²) in [6.45, 7) is 0. The lowest BCUT2D eigenvalue weighted by Gasteiger charge is -2.05. The smallest absolute Gasteiger partial charge is 0.161 e. The molecule has 2 aromatic rings. The van der Waals surface area contributed by atoms with Gasteiger partial charge in [-0.3, -0.25) is 4.99 Å². The molecule has 0 radical (unpaired) electrons. The van der Waals surface area contributed by atoms with Crippen LogP contribution in [0.4, 0.5) is 5.69 Å². The first-order chi connectivity index (χ1) is 9.79. The van der Waals surface area contributed by atoms with Gasteiger partial charge in [-0.2, -0.15) is 0 Å². The summed E-state index contributed by atoms with van der Waals surface area (Å²) >= 11 is 7.75. The first-order valence-electron chi connectivity index (χ1n) is 6.57. The molecule has 0 fully saturated rings. The zero-order valence-corrected chi connectivity index (χ0v) is 12.5. The van der Waals surface area contributed by atoms with E-state index in [1.54, 1.807) is 11.8 Å². The monoisotopic (exact) mass is 302 g/mol. The van der Waals surface area contributed by atoms with Crippen molar-refractivity contribution in [2.45, 2.75) is 12.5 Å². The predicted octanol–water partition coefficient (Wildman–Crippen LogP) is 4.47. The van der Waals surface area contributed by atoms with Gasteiger partial charge in [0.05, 0.1) is 6.04 Å². The van der Waals surface area contributed by atoms with Gasteiger partial charge in [-0.15, -0.1) is 0 Å². The molecule has 1 N–H and O–H groups in total. The van der Waals surface area contributed by atoms with Crippen molar-refractivity contribution in [2.24, 2.45) is 4.99 Å². The highest BCUT2D eigenvalue weighted by Gasteiger charge is 2.18. The number of halogens is 1. The average Bonchev–Trinajstić information content (AvgIpc) is 2.87. The van der Waals surface area contributed by atoms with E-state index in [-0.39, 0.29) is 0 Å². The number of aliphatic imine (C=N–C) groups is 1. The van der Waals surface area contributed by atoms with Gasteiger partial charge in [0.1, 0.15) is 0 Å². The normalized spacial score (nSPS) is 17.9. The fourth-order valence-corrected chi connectivity index (χ4v) is 3.31. The maximum absolute atomic E-state index is 5.98. The molecule has 0 amide bonds. The number of nitrogens with one attached hydrogen (secondary N) is 1. The van der Waals surface area contributed by atoms with E-state index in [1.165, 1.54) is 5.56 Å². The number of benzene rings is 2. The summed E-state index contributed by atoms with van der Waals surface area (Å²) in [6.07, 6.45) is 0.995. The van der Waals surface area contributed by atoms with Crippen LogP contribution in [0.25, 0.3) is 0 Å². The zero-order chi connectivity index (χ0) is 13.8. The molecule has 1 atom stereocenters. The van der Waals surface area contributed by atoms with Crippen LogP contribution in [-0.2, 0) is 6.42 Å². The SMILES string of the molecule is Clc1cccc(NC2=NC(Cc3ccccc3)CS2)c1. The predicted molar refractivity (Wildman–Crippen MR) is 88.9 cm³/mol. The van der Waals surface area contributed by atoms with E-state index >= 15 is 0 Å². The van der Waals surface area contributed by atoms with Gasteiger partial charge < -0.3 is 5.32 Å². The van der Waals surface area contributed by atoms with Crippen LogP contribution in [-0.4, -0.2) is 17.0 Å². The highest BCUT2D eigenvalue weighted by molar-refractivity contribution is 8.14. The van der Waals surface area contributed by atoms with Crippen molar-refractivity contribution in [2.75, 3.05) is 11.1 Å². The standard InChI is InChI=1S/C16H15ClN2S/c17-13-7-4-8-14(10-13)18-16-19-15(11-20-16)9-12-5-2-1-3-6-12/h1-8,10,15H,9,11H2,(H,18,19). The van der Waals surface area contributed by atoms with Crippen molar-refractivity contribution in [3.8, 4) is 0 Å². The van der Waals surface area contributed by atoms with Crippen LogP contribution in [0.1, 0.15) is 5.56 Å². The Morgan fingerprint density at radius 3 is 2.80 bits per heavy atom. The number of hydrogen-bond acceptors (Lipinski definition) is 3. The van der Waals surface area contributed by atoms with Crippen LogP contribution in [0.15, 0.2) is 59.6 Å². The van der Waals surface area contributed by atoms with Gasteiger partial charge in [-0.25, -0.2) is 0 Å². The molecule has 0 bridgehead atoms. The molecule has 2 aromatic carbocycles. The third kappa shape index (κ3) is 3.56. The van der Waals surface area contributed by atoms with Crippen LogP contribution in [0.5, 0.6) is 0 Å². The second-order valence-corrected chi connectivity index (χ2v) is 6.17. The third-order valence-electron chi connectivity index (χ3n) is 3.10. The Morgan fingerprint density at radius 2 is 2.00 bits per heavy atom. The van der Waals surface area contributed by atoms with Gasteiger partial charge in [-0.05, 0) is 30.2 Å². The Kier molecular flexibility index (Phi) is 4.28. The molecule has 1 unspecified atom stereocenters. The highest BCUT2D eigenvalue weighted by Crippen LogP contribution is 2.23. The molecule has 0 saturated heterocycles. The van der Waals surface area contributed by atoms with Crippen molar-refractivity contribution < 1.29 is 0 Å². The molecule has 4 heteroatoms. The summed E-state index contributed by atoms with van der Waals surface area (Å²) in [6, 6.07) is 18.6. The highest BCUT2D eigenvalue weighted by atomic mass is 35.5. The minimum absolute atomic E-state index is 0.351. The van der Waals surface area contributed by atoms with Crippen molar-refractivity contribution >= 4 is 34.2 Å². The van der Waals surface area contributed by atoms with Gasteiger partial charge >= 0.3 is 0 Å². The summed E-state index contributed by atoms with van der Waals surface area (Å²) < 4.78 is 0. The molecular formula is C16H15ClN2S. The van der Waals surface area contributed by atoms with Crippen LogP contribution < -0.4 is 5.32 Å².